The van der Waals surface area contributed by atoms with E-state index >= 15 is 0 Å². The fourth-order valence-corrected chi connectivity index (χ4v) is 4.96. The number of sulfonamides is 1. The summed E-state index contributed by atoms with van der Waals surface area (Å²) in [6, 6.07) is 10.3. The van der Waals surface area contributed by atoms with E-state index in [9.17, 15) is 13.2 Å². The zero-order valence-corrected chi connectivity index (χ0v) is 19.7. The zero-order valence-electron chi connectivity index (χ0n) is 18.1. The SMILES string of the molecule is CC(C)N(C)S(=O)(=O)c1ccc(CNC(=O)C2CCN(c3ccc(Cl)cn3)CC2)cc1. The highest BCUT2D eigenvalue weighted by molar-refractivity contribution is 7.89. The summed E-state index contributed by atoms with van der Waals surface area (Å²) in [4.78, 5) is 19.3. The summed E-state index contributed by atoms with van der Waals surface area (Å²) in [6.07, 6.45) is 3.15. The van der Waals surface area contributed by atoms with Crippen molar-refractivity contribution in [2.24, 2.45) is 5.92 Å². The minimum Gasteiger partial charge on any atom is -0.357 e. The predicted octanol–water partition coefficient (Wildman–Crippen LogP) is 3.30. The lowest BCUT2D eigenvalue weighted by Crippen LogP contribution is -2.40. The number of rotatable bonds is 7. The van der Waals surface area contributed by atoms with Gasteiger partial charge in [-0.25, -0.2) is 13.4 Å². The maximum atomic E-state index is 12.6. The largest absolute Gasteiger partial charge is 0.357 e. The molecule has 1 aliphatic heterocycles. The molecule has 1 aromatic carbocycles. The topological polar surface area (TPSA) is 82.6 Å². The molecule has 0 unspecified atom stereocenters. The molecule has 1 saturated heterocycles. The van der Waals surface area contributed by atoms with E-state index in [-0.39, 0.29) is 22.8 Å². The Labute approximate surface area is 189 Å². The fraction of sp³-hybridized carbons (Fsp3) is 0.455. The van der Waals surface area contributed by atoms with Gasteiger partial charge in [-0.3, -0.25) is 4.79 Å². The molecule has 7 nitrogen and oxygen atoms in total. The number of nitrogens with one attached hydrogen (secondary N) is 1. The Morgan fingerprint density at radius 1 is 1.19 bits per heavy atom. The molecule has 0 radical (unpaired) electrons. The lowest BCUT2D eigenvalue weighted by molar-refractivity contribution is -0.125. The maximum Gasteiger partial charge on any atom is 0.243 e. The van der Waals surface area contributed by atoms with Crippen LogP contribution in [0.4, 0.5) is 5.82 Å². The number of pyridine rings is 1. The number of carbonyl (C=O) groups excluding carboxylic acids is 1. The van der Waals surface area contributed by atoms with Crippen molar-refractivity contribution in [1.29, 1.82) is 0 Å². The second-order valence-corrected chi connectivity index (χ2v) is 10.5. The van der Waals surface area contributed by atoms with E-state index in [2.05, 4.69) is 15.2 Å². The molecule has 1 N–H and O–H groups in total. The first-order chi connectivity index (χ1) is 14.7. The molecule has 0 spiro atoms. The summed E-state index contributed by atoms with van der Waals surface area (Å²) in [6.45, 7) is 5.57. The van der Waals surface area contributed by atoms with Gasteiger partial charge in [0.25, 0.3) is 0 Å². The average Bonchev–Trinajstić information content (AvgIpc) is 2.77. The van der Waals surface area contributed by atoms with Gasteiger partial charge in [-0.05, 0) is 56.5 Å². The molecule has 1 amide bonds. The third-order valence-corrected chi connectivity index (χ3v) is 7.97. The van der Waals surface area contributed by atoms with Crippen LogP contribution in [0.3, 0.4) is 0 Å². The molecular weight excluding hydrogens is 436 g/mol. The molecule has 3 rings (SSSR count). The third kappa shape index (κ3) is 5.75. The standard InChI is InChI=1S/C22H29ClN4O3S/c1-16(2)26(3)31(29,30)20-7-4-17(5-8-20)14-25-22(28)18-10-12-27(13-11-18)21-9-6-19(23)15-24-21/h4-9,15-16,18H,10-14H2,1-3H3,(H,25,28). The number of nitrogens with zero attached hydrogens (tertiary/aromatic N) is 3. The summed E-state index contributed by atoms with van der Waals surface area (Å²) < 4.78 is 26.4. The first kappa shape index (κ1) is 23.5. The molecule has 0 atom stereocenters. The number of hydrogen-bond donors (Lipinski definition) is 1. The average molecular weight is 465 g/mol. The molecule has 168 valence electrons. The quantitative estimate of drug-likeness (QED) is 0.679. The summed E-state index contributed by atoms with van der Waals surface area (Å²) in [5, 5.41) is 3.59. The molecule has 31 heavy (non-hydrogen) atoms. The highest BCUT2D eigenvalue weighted by Crippen LogP contribution is 2.23. The summed E-state index contributed by atoms with van der Waals surface area (Å²) in [5.41, 5.74) is 0.863. The Bertz CT molecular complexity index is 986. The normalized spacial score (nSPS) is 15.5. The van der Waals surface area contributed by atoms with Gasteiger partial charge in [-0.1, -0.05) is 23.7 Å². The van der Waals surface area contributed by atoms with E-state index in [0.29, 0.717) is 11.6 Å². The molecule has 0 saturated carbocycles. The first-order valence-electron chi connectivity index (χ1n) is 10.4. The van der Waals surface area contributed by atoms with Gasteiger partial charge in [0.15, 0.2) is 0 Å². The van der Waals surface area contributed by atoms with Crippen LogP contribution in [0.15, 0.2) is 47.5 Å². The Hall–Kier alpha value is -2.16. The van der Waals surface area contributed by atoms with Gasteiger partial charge in [0, 0.05) is 44.8 Å². The molecule has 1 aliphatic rings. The number of amides is 1. The number of halogens is 1. The van der Waals surface area contributed by atoms with Crippen LogP contribution >= 0.6 is 11.6 Å². The highest BCUT2D eigenvalue weighted by atomic mass is 35.5. The molecule has 0 aliphatic carbocycles. The Morgan fingerprint density at radius 3 is 2.39 bits per heavy atom. The van der Waals surface area contributed by atoms with Crippen LogP contribution in [0.5, 0.6) is 0 Å². The van der Waals surface area contributed by atoms with Gasteiger partial charge in [-0.15, -0.1) is 0 Å². The van der Waals surface area contributed by atoms with E-state index in [1.54, 1.807) is 37.5 Å². The lowest BCUT2D eigenvalue weighted by Gasteiger charge is -2.32. The second kappa shape index (κ2) is 9.97. The van der Waals surface area contributed by atoms with Gasteiger partial charge in [-0.2, -0.15) is 4.31 Å². The number of anilines is 1. The fourth-order valence-electron chi connectivity index (χ4n) is 3.48. The van der Waals surface area contributed by atoms with E-state index in [4.69, 9.17) is 11.6 Å². The van der Waals surface area contributed by atoms with Gasteiger partial charge in [0.2, 0.25) is 15.9 Å². The number of benzene rings is 1. The molecule has 9 heteroatoms. The van der Waals surface area contributed by atoms with Crippen molar-refractivity contribution in [3.8, 4) is 0 Å². The van der Waals surface area contributed by atoms with Crippen LogP contribution in [0.2, 0.25) is 5.02 Å². The van der Waals surface area contributed by atoms with Gasteiger partial charge in [0.05, 0.1) is 9.92 Å². The van der Waals surface area contributed by atoms with E-state index in [1.165, 1.54) is 4.31 Å². The van der Waals surface area contributed by atoms with E-state index in [0.717, 1.165) is 37.3 Å². The van der Waals surface area contributed by atoms with E-state index in [1.807, 2.05) is 26.0 Å². The van der Waals surface area contributed by atoms with Gasteiger partial charge >= 0.3 is 0 Å². The number of hydrogen-bond acceptors (Lipinski definition) is 5. The number of carbonyl (C=O) groups is 1. The van der Waals surface area contributed by atoms with Crippen molar-refractivity contribution in [1.82, 2.24) is 14.6 Å². The second-order valence-electron chi connectivity index (χ2n) is 8.07. The molecule has 0 bridgehead atoms. The van der Waals surface area contributed by atoms with Crippen molar-refractivity contribution in [2.45, 2.75) is 44.2 Å². The monoisotopic (exact) mass is 464 g/mol. The Kier molecular flexibility index (Phi) is 7.56. The Balaban J connectivity index is 1.50. The molecule has 1 aromatic heterocycles. The lowest BCUT2D eigenvalue weighted by atomic mass is 9.96. The van der Waals surface area contributed by atoms with Crippen LogP contribution in [-0.4, -0.2) is 49.8 Å². The summed E-state index contributed by atoms with van der Waals surface area (Å²) in [5.74, 6) is 0.865. The smallest absolute Gasteiger partial charge is 0.243 e. The molecule has 2 heterocycles. The third-order valence-electron chi connectivity index (χ3n) is 5.70. The predicted molar refractivity (Wildman–Crippen MR) is 123 cm³/mol. The zero-order chi connectivity index (χ0) is 22.6. The van der Waals surface area contributed by atoms with Gasteiger partial charge < -0.3 is 10.2 Å². The number of piperidine rings is 1. The maximum absolute atomic E-state index is 12.6. The van der Waals surface area contributed by atoms with Crippen molar-refractivity contribution >= 4 is 33.3 Å². The van der Waals surface area contributed by atoms with Crippen molar-refractivity contribution in [3.63, 3.8) is 0 Å². The number of aromatic nitrogens is 1. The minimum absolute atomic E-state index is 0.0277. The molecule has 2 aromatic rings. The highest BCUT2D eigenvalue weighted by Gasteiger charge is 2.26. The Morgan fingerprint density at radius 2 is 1.84 bits per heavy atom. The van der Waals surface area contributed by atoms with Crippen LogP contribution < -0.4 is 10.2 Å². The van der Waals surface area contributed by atoms with Crippen LogP contribution in [0.1, 0.15) is 32.3 Å². The van der Waals surface area contributed by atoms with E-state index < -0.39 is 10.0 Å². The first-order valence-corrected chi connectivity index (χ1v) is 12.2. The van der Waals surface area contributed by atoms with Crippen LogP contribution in [-0.2, 0) is 21.4 Å². The van der Waals surface area contributed by atoms with Crippen molar-refractivity contribution in [2.75, 3.05) is 25.0 Å². The molecular formula is C22H29ClN4O3S. The van der Waals surface area contributed by atoms with Crippen molar-refractivity contribution < 1.29 is 13.2 Å². The summed E-state index contributed by atoms with van der Waals surface area (Å²) in [7, 11) is -1.93. The summed E-state index contributed by atoms with van der Waals surface area (Å²) >= 11 is 5.89. The molecule has 1 fully saturated rings. The van der Waals surface area contributed by atoms with Crippen LogP contribution in [0, 0.1) is 5.92 Å². The minimum atomic E-state index is -3.51. The van der Waals surface area contributed by atoms with Crippen molar-refractivity contribution in [3.05, 3.63) is 53.2 Å². The van der Waals surface area contributed by atoms with Crippen LogP contribution in [0.25, 0.3) is 0 Å². The van der Waals surface area contributed by atoms with Gasteiger partial charge in [0.1, 0.15) is 5.82 Å².